The molecule has 24 aromatic rings. The molecule has 0 fully saturated rings. The molecule has 2 aliphatic heterocycles. The summed E-state index contributed by atoms with van der Waals surface area (Å²) in [5, 5.41) is 5.24. The summed E-state index contributed by atoms with van der Waals surface area (Å²) in [6, 6.07) is 197. The van der Waals surface area contributed by atoms with Gasteiger partial charge >= 0.3 is 0 Å². The molecular weight excluding hydrogens is 1730 g/mol. The average molecular weight is 1820 g/mol. The lowest BCUT2D eigenvalue weighted by Crippen LogP contribution is -2.36. The molecular formula is C134H88N4S2. The Morgan fingerprint density at radius 1 is 0.171 bits per heavy atom. The van der Waals surface area contributed by atoms with Crippen LogP contribution in [0, 0.1) is 0 Å². The first kappa shape index (κ1) is 82.0. The van der Waals surface area contributed by atoms with Gasteiger partial charge in [0.25, 0.3) is 0 Å². The van der Waals surface area contributed by atoms with Crippen molar-refractivity contribution in [1.29, 1.82) is 0 Å². The highest BCUT2D eigenvalue weighted by Crippen LogP contribution is 2.68. The minimum absolute atomic E-state index is 0.590. The van der Waals surface area contributed by atoms with E-state index in [1.807, 2.05) is 22.7 Å². The van der Waals surface area contributed by atoms with E-state index in [0.29, 0.717) is 0 Å². The minimum atomic E-state index is -0.592. The fourth-order valence-corrected chi connectivity index (χ4v) is 25.7. The van der Waals surface area contributed by atoms with E-state index >= 15 is 0 Å². The number of nitrogens with zero attached hydrogens (tertiary/aromatic N) is 4. The molecule has 2 aromatic heterocycles. The van der Waals surface area contributed by atoms with Crippen LogP contribution >= 0.6 is 22.7 Å². The molecule has 140 heavy (non-hydrogen) atoms. The number of hydrogen-bond acceptors (Lipinski definition) is 6. The average Bonchev–Trinajstić information content (AvgIpc) is 1.51. The highest BCUT2D eigenvalue weighted by Gasteiger charge is 2.55. The standard InChI is InChI=1S/2C67H44N2S/c1-3-19-45(20-4-1)46-37-39-47(40-38-46)51-23-8-13-32-60(51)68(50-43-41-48(42-44-50)52-26-17-27-54-53-24-9-16-36-64(53)70-66(52)54)63-35-18-31-59-65(63)55-25-7-10-28-56(55)67(59)57-29-11-14-33-61(57)69(49-21-5-2-6-22-49)62-34-15-12-30-58(62)67;1-3-18-45(19-4-1)46-34-36-48(37-35-46)52-22-8-13-29-60(52)68(51-41-38-47(39-42-51)49-40-43-65-55(44-49)53-23-9-16-33-64(53)70-65)63-32-17-28-59-66(63)54-24-7-10-25-56(54)67(59)57-26-11-14-30-61(57)69(50-20-5-2-6-21-50)62-31-15-12-27-58(62)67/h2*1-44H. The van der Waals surface area contributed by atoms with Crippen LogP contribution < -0.4 is 19.6 Å². The predicted octanol–water partition coefficient (Wildman–Crippen LogP) is 37.3. The van der Waals surface area contributed by atoms with Crippen molar-refractivity contribution in [3.63, 3.8) is 0 Å². The maximum absolute atomic E-state index is 2.52. The van der Waals surface area contributed by atoms with Crippen molar-refractivity contribution < 1.29 is 0 Å². The first-order valence-electron chi connectivity index (χ1n) is 48.2. The van der Waals surface area contributed by atoms with Crippen LogP contribution in [0.15, 0.2) is 534 Å². The third-order valence-corrected chi connectivity index (χ3v) is 31.7. The molecule has 4 nitrogen and oxygen atoms in total. The van der Waals surface area contributed by atoms with E-state index < -0.39 is 10.8 Å². The Kier molecular flexibility index (Phi) is 19.8. The molecule has 0 radical (unpaired) electrons. The lowest BCUT2D eigenvalue weighted by molar-refractivity contribution is 0.752. The summed E-state index contributed by atoms with van der Waals surface area (Å²) in [4.78, 5) is 9.94. The highest BCUT2D eigenvalue weighted by molar-refractivity contribution is 7.26. The number of para-hydroxylation sites is 8. The zero-order valence-electron chi connectivity index (χ0n) is 76.4. The van der Waals surface area contributed by atoms with Gasteiger partial charge in [-0.15, -0.1) is 22.7 Å². The Hall–Kier alpha value is -17.5. The second kappa shape index (κ2) is 33.8. The van der Waals surface area contributed by atoms with E-state index in [9.17, 15) is 0 Å². The summed E-state index contributed by atoms with van der Waals surface area (Å²) in [7, 11) is 0. The van der Waals surface area contributed by atoms with Crippen LogP contribution in [0.1, 0.15) is 44.5 Å². The van der Waals surface area contributed by atoms with Crippen LogP contribution in [0.25, 0.3) is 129 Å². The third-order valence-electron chi connectivity index (χ3n) is 29.4. The van der Waals surface area contributed by atoms with E-state index in [0.717, 1.165) is 67.8 Å². The fourth-order valence-electron chi connectivity index (χ4n) is 23.4. The van der Waals surface area contributed by atoms with Crippen molar-refractivity contribution >= 4 is 131 Å². The largest absolute Gasteiger partial charge is 0.310 e. The van der Waals surface area contributed by atoms with Crippen LogP contribution in [0.4, 0.5) is 68.2 Å². The van der Waals surface area contributed by atoms with Gasteiger partial charge in [0.05, 0.1) is 56.3 Å². The Balaban J connectivity index is 0.000000141. The second-order valence-corrected chi connectivity index (χ2v) is 38.8. The van der Waals surface area contributed by atoms with Gasteiger partial charge in [-0.25, -0.2) is 0 Å². The molecule has 656 valence electrons. The van der Waals surface area contributed by atoms with Gasteiger partial charge in [-0.05, 0) is 233 Å². The quantitative estimate of drug-likeness (QED) is 0.108. The van der Waals surface area contributed by atoms with Gasteiger partial charge < -0.3 is 19.6 Å². The lowest BCUT2D eigenvalue weighted by Gasteiger charge is -2.45. The molecule has 0 saturated carbocycles. The maximum Gasteiger partial charge on any atom is 0.0755 e. The van der Waals surface area contributed by atoms with Gasteiger partial charge in [-0.1, -0.05) is 413 Å². The SMILES string of the molecule is c1ccc(-c2ccc(-c3ccccc3N(c3ccc(-c4ccc5sc6ccccc6c5c4)cc3)c3cccc4c3-c3ccccc3C43c4ccccc4N(c4ccccc4)c4ccccc43)cc2)cc1.c1ccc(-c2ccc(-c3ccccc3N(c3ccc(-c4cccc5c4sc4ccccc45)cc3)c3cccc4c3-c3ccccc3C43c4ccccc4N(c4ccccc4)c4ccccc43)cc2)cc1. The van der Waals surface area contributed by atoms with E-state index in [1.54, 1.807) is 0 Å². The van der Waals surface area contributed by atoms with E-state index in [1.165, 1.54) is 174 Å². The normalized spacial score (nSPS) is 12.9. The van der Waals surface area contributed by atoms with E-state index in [-0.39, 0.29) is 0 Å². The van der Waals surface area contributed by atoms with Crippen molar-refractivity contribution in [3.8, 4) is 89.0 Å². The summed E-state index contributed by atoms with van der Waals surface area (Å²) < 4.78 is 5.27. The molecule has 6 heteroatoms. The second-order valence-electron chi connectivity index (χ2n) is 36.7. The molecule has 0 bridgehead atoms. The molecule has 28 rings (SSSR count). The summed E-state index contributed by atoms with van der Waals surface area (Å²) >= 11 is 3.74. The topological polar surface area (TPSA) is 13.0 Å². The van der Waals surface area contributed by atoms with Crippen molar-refractivity contribution in [2.24, 2.45) is 0 Å². The summed E-state index contributed by atoms with van der Waals surface area (Å²) in [6.45, 7) is 0. The zero-order valence-corrected chi connectivity index (χ0v) is 78.0. The van der Waals surface area contributed by atoms with Gasteiger partial charge in [0.1, 0.15) is 0 Å². The first-order valence-corrected chi connectivity index (χ1v) is 49.8. The van der Waals surface area contributed by atoms with Crippen LogP contribution in [0.5, 0.6) is 0 Å². The molecule has 0 N–H and O–H groups in total. The van der Waals surface area contributed by atoms with Gasteiger partial charge in [-0.2, -0.15) is 0 Å². The molecule has 0 amide bonds. The molecule has 4 heterocycles. The van der Waals surface area contributed by atoms with Crippen LogP contribution in [0.2, 0.25) is 0 Å². The molecule has 0 atom stereocenters. The van der Waals surface area contributed by atoms with Gasteiger partial charge in [-0.3, -0.25) is 0 Å². The predicted molar refractivity (Wildman–Crippen MR) is 592 cm³/mol. The summed E-state index contributed by atoms with van der Waals surface area (Å²) in [6.07, 6.45) is 0. The number of anilines is 12. The van der Waals surface area contributed by atoms with Crippen molar-refractivity contribution in [2.75, 3.05) is 19.6 Å². The van der Waals surface area contributed by atoms with Gasteiger partial charge in [0.2, 0.25) is 0 Å². The van der Waals surface area contributed by atoms with E-state index in [4.69, 9.17) is 0 Å². The number of hydrogen-bond donors (Lipinski definition) is 0. The van der Waals surface area contributed by atoms with Crippen LogP contribution in [0.3, 0.4) is 0 Å². The van der Waals surface area contributed by atoms with Crippen molar-refractivity contribution in [3.05, 3.63) is 578 Å². The zero-order chi connectivity index (χ0) is 92.4. The first-order chi connectivity index (χ1) is 69.5. The third kappa shape index (κ3) is 13.0. The number of fused-ring (bicyclic) bond motifs is 24. The lowest BCUT2D eigenvalue weighted by atomic mass is 9.64. The molecule has 22 aromatic carbocycles. The monoisotopic (exact) mass is 1820 g/mol. The van der Waals surface area contributed by atoms with Gasteiger partial charge in [0, 0.05) is 85.3 Å². The Morgan fingerprint density at radius 3 is 0.914 bits per heavy atom. The Labute approximate surface area is 822 Å². The maximum atomic E-state index is 2.52. The van der Waals surface area contributed by atoms with Crippen molar-refractivity contribution in [1.82, 2.24) is 0 Å². The van der Waals surface area contributed by atoms with E-state index in [2.05, 4.69) is 553 Å². The summed E-state index contributed by atoms with van der Waals surface area (Å²) in [5.41, 5.74) is 42.0. The number of benzene rings is 22. The van der Waals surface area contributed by atoms with Crippen LogP contribution in [-0.4, -0.2) is 0 Å². The fraction of sp³-hybridized carbons (Fsp3) is 0.0149. The molecule has 2 aliphatic carbocycles. The Morgan fingerprint density at radius 2 is 0.457 bits per heavy atom. The number of thiophene rings is 2. The highest BCUT2D eigenvalue weighted by atomic mass is 32.1. The Bertz CT molecular complexity index is 8830. The minimum Gasteiger partial charge on any atom is -0.310 e. The molecule has 0 saturated heterocycles. The smallest absolute Gasteiger partial charge is 0.0755 e. The molecule has 2 spiro atoms. The van der Waals surface area contributed by atoms with Crippen molar-refractivity contribution in [2.45, 2.75) is 10.8 Å². The molecule has 4 aliphatic rings. The molecule has 0 unspecified atom stereocenters. The van der Waals surface area contributed by atoms with Gasteiger partial charge in [0.15, 0.2) is 0 Å². The van der Waals surface area contributed by atoms with Crippen LogP contribution in [-0.2, 0) is 10.8 Å². The summed E-state index contributed by atoms with van der Waals surface area (Å²) in [5.74, 6) is 0. The number of rotatable bonds is 14.